The molecule has 12 nitrogen and oxygen atoms in total. The van der Waals surface area contributed by atoms with Crippen molar-refractivity contribution < 1.29 is 53.4 Å². The zero-order chi connectivity index (χ0) is 20.2. The van der Waals surface area contributed by atoms with E-state index in [4.69, 9.17) is 30.6 Å². The van der Waals surface area contributed by atoms with Gasteiger partial charge in [-0.15, -0.1) is 0 Å². The van der Waals surface area contributed by atoms with E-state index in [9.17, 15) is 22.8 Å². The third-order valence-electron chi connectivity index (χ3n) is 3.15. The van der Waals surface area contributed by atoms with Gasteiger partial charge in [0, 0.05) is 0 Å². The number of carboxylic acids is 2. The van der Waals surface area contributed by atoms with Gasteiger partial charge in [0.25, 0.3) is 15.9 Å². The molecule has 13 heteroatoms. The summed E-state index contributed by atoms with van der Waals surface area (Å²) in [4.78, 5) is 31.2. The SMILES string of the molecule is O=C(O)[C@@H](O)[C@@H](O)[C@H](O)[C@@H](O)C(=O)O.O=C1NS(=O)(=O)c2ccccc21. The fourth-order valence-electron chi connectivity index (χ4n) is 1.79. The number of carbonyl (C=O) groups is 3. The van der Waals surface area contributed by atoms with Crippen molar-refractivity contribution in [2.24, 2.45) is 0 Å². The number of hydrogen-bond acceptors (Lipinski definition) is 9. The Balaban J connectivity index is 0.000000262. The van der Waals surface area contributed by atoms with E-state index in [1.807, 2.05) is 4.72 Å². The maximum absolute atomic E-state index is 11.1. The van der Waals surface area contributed by atoms with E-state index in [0.29, 0.717) is 0 Å². The molecule has 0 aliphatic carbocycles. The van der Waals surface area contributed by atoms with Gasteiger partial charge < -0.3 is 30.6 Å². The van der Waals surface area contributed by atoms with Crippen molar-refractivity contribution in [1.82, 2.24) is 4.72 Å². The molecule has 26 heavy (non-hydrogen) atoms. The number of carbonyl (C=O) groups excluding carboxylic acids is 1. The lowest BCUT2D eigenvalue weighted by molar-refractivity contribution is -0.172. The number of fused-ring (bicyclic) bond motifs is 1. The number of aliphatic carboxylic acids is 2. The molecule has 1 aliphatic rings. The minimum absolute atomic E-state index is 0.0648. The summed E-state index contributed by atoms with van der Waals surface area (Å²) >= 11 is 0. The lowest BCUT2D eigenvalue weighted by atomic mass is 10.0. The molecule has 4 atom stereocenters. The van der Waals surface area contributed by atoms with E-state index in [2.05, 4.69) is 0 Å². The normalized spacial score (nSPS) is 19.0. The van der Waals surface area contributed by atoms with E-state index >= 15 is 0 Å². The Morgan fingerprint density at radius 1 is 0.885 bits per heavy atom. The quantitative estimate of drug-likeness (QED) is 0.263. The summed E-state index contributed by atoms with van der Waals surface area (Å²) in [5.74, 6) is -4.23. The molecule has 0 unspecified atom stereocenters. The van der Waals surface area contributed by atoms with Crippen LogP contribution in [0.5, 0.6) is 0 Å². The Bertz CT molecular complexity index is 782. The third kappa shape index (κ3) is 4.74. The van der Waals surface area contributed by atoms with Gasteiger partial charge in [0.05, 0.1) is 5.56 Å². The van der Waals surface area contributed by atoms with E-state index in [0.717, 1.165) is 0 Å². The second kappa shape index (κ2) is 8.20. The van der Waals surface area contributed by atoms with Crippen LogP contribution in [0.3, 0.4) is 0 Å². The largest absolute Gasteiger partial charge is 0.479 e. The van der Waals surface area contributed by atoms with Gasteiger partial charge in [0.15, 0.2) is 12.2 Å². The summed E-state index contributed by atoms with van der Waals surface area (Å²) in [6.07, 6.45) is -9.28. The van der Waals surface area contributed by atoms with Crippen LogP contribution >= 0.6 is 0 Å². The molecule has 144 valence electrons. The first-order chi connectivity index (χ1) is 11.9. The number of aliphatic hydroxyl groups excluding tert-OH is 4. The van der Waals surface area contributed by atoms with Crippen molar-refractivity contribution in [3.05, 3.63) is 29.8 Å². The molecule has 1 aliphatic heterocycles. The second-order valence-electron chi connectivity index (χ2n) is 4.98. The molecule has 1 amide bonds. The molecule has 1 heterocycles. The van der Waals surface area contributed by atoms with Crippen molar-refractivity contribution in [2.45, 2.75) is 29.3 Å². The first kappa shape index (κ1) is 21.5. The highest BCUT2D eigenvalue weighted by Crippen LogP contribution is 2.20. The Kier molecular flexibility index (Phi) is 6.77. The number of aliphatic hydroxyl groups is 4. The summed E-state index contributed by atoms with van der Waals surface area (Å²) < 4.78 is 24.2. The highest BCUT2D eigenvalue weighted by Gasteiger charge is 2.37. The van der Waals surface area contributed by atoms with Gasteiger partial charge in [-0.25, -0.2) is 22.7 Å². The van der Waals surface area contributed by atoms with Crippen LogP contribution in [0.15, 0.2) is 29.2 Å². The van der Waals surface area contributed by atoms with Crippen molar-refractivity contribution >= 4 is 27.9 Å². The van der Waals surface area contributed by atoms with E-state index < -0.39 is 52.3 Å². The monoisotopic (exact) mass is 393 g/mol. The predicted molar refractivity (Wildman–Crippen MR) is 80.4 cm³/mol. The zero-order valence-corrected chi connectivity index (χ0v) is 13.6. The summed E-state index contributed by atoms with van der Waals surface area (Å²) in [6, 6.07) is 6.09. The maximum Gasteiger partial charge on any atom is 0.335 e. The number of carboxylic acid groups (broad SMARTS) is 2. The highest BCUT2D eigenvalue weighted by molar-refractivity contribution is 7.90. The fraction of sp³-hybridized carbons (Fsp3) is 0.308. The second-order valence-corrected chi connectivity index (χ2v) is 6.63. The Hall–Kier alpha value is -2.58. The Morgan fingerprint density at radius 3 is 1.69 bits per heavy atom. The summed E-state index contributed by atoms with van der Waals surface area (Å²) in [7, 11) is -3.55. The van der Waals surface area contributed by atoms with Gasteiger partial charge in [0.2, 0.25) is 0 Å². The van der Waals surface area contributed by atoms with Gasteiger partial charge in [0.1, 0.15) is 17.1 Å². The smallest absolute Gasteiger partial charge is 0.335 e. The maximum atomic E-state index is 11.1. The molecule has 0 saturated carbocycles. The average Bonchev–Trinajstić information content (AvgIpc) is 2.82. The fourth-order valence-corrected chi connectivity index (χ4v) is 2.96. The van der Waals surface area contributed by atoms with E-state index in [1.54, 1.807) is 12.1 Å². The number of sulfonamides is 1. The predicted octanol–water partition coefficient (Wildman–Crippen LogP) is -3.28. The lowest BCUT2D eigenvalue weighted by Crippen LogP contribution is -2.49. The molecule has 0 radical (unpaired) electrons. The van der Waals surface area contributed by atoms with Crippen LogP contribution < -0.4 is 4.72 Å². The first-order valence-corrected chi connectivity index (χ1v) is 8.22. The molecule has 2 rings (SSSR count). The van der Waals surface area contributed by atoms with Crippen LogP contribution in [0.1, 0.15) is 10.4 Å². The number of amides is 1. The summed E-state index contributed by atoms with van der Waals surface area (Å²) in [5.41, 5.74) is 0.220. The highest BCUT2D eigenvalue weighted by atomic mass is 32.2. The van der Waals surface area contributed by atoms with Crippen molar-refractivity contribution in [3.63, 3.8) is 0 Å². The molecule has 1 aromatic carbocycles. The van der Waals surface area contributed by atoms with E-state index in [-0.39, 0.29) is 10.5 Å². The van der Waals surface area contributed by atoms with Crippen LogP contribution in [-0.4, -0.2) is 81.3 Å². The van der Waals surface area contributed by atoms with Crippen molar-refractivity contribution in [1.29, 1.82) is 0 Å². The van der Waals surface area contributed by atoms with Crippen LogP contribution in [0, 0.1) is 0 Å². The van der Waals surface area contributed by atoms with Gasteiger partial charge in [-0.3, -0.25) is 4.79 Å². The molecular formula is C13H15NO11S. The molecule has 0 saturated heterocycles. The molecule has 0 spiro atoms. The van der Waals surface area contributed by atoms with Crippen LogP contribution in [0.25, 0.3) is 0 Å². The van der Waals surface area contributed by atoms with Crippen molar-refractivity contribution in [3.8, 4) is 0 Å². The molecule has 7 N–H and O–H groups in total. The van der Waals surface area contributed by atoms with Gasteiger partial charge in [-0.1, -0.05) is 12.1 Å². The minimum atomic E-state index is -3.55. The van der Waals surface area contributed by atoms with Crippen LogP contribution in [-0.2, 0) is 19.6 Å². The lowest BCUT2D eigenvalue weighted by Gasteiger charge is -2.21. The van der Waals surface area contributed by atoms with E-state index in [1.165, 1.54) is 12.1 Å². The van der Waals surface area contributed by atoms with Gasteiger partial charge >= 0.3 is 11.9 Å². The molecule has 0 bridgehead atoms. The van der Waals surface area contributed by atoms with Crippen molar-refractivity contribution in [2.75, 3.05) is 0 Å². The number of benzene rings is 1. The summed E-state index contributed by atoms with van der Waals surface area (Å²) in [5, 5.41) is 51.5. The number of hydrogen-bond donors (Lipinski definition) is 7. The standard InChI is InChI=1S/C7H5NO3S.C6H10O8/c9-7-5-3-1-2-4-6(5)12(10,11)8-7;7-1(3(9)5(11)12)2(8)4(10)6(13)14/h1-4H,(H,8,9);1-4,7-10H,(H,11,12)(H,13,14)/t;1-,2-,3-,4+/m.0/s1. The topological polar surface area (TPSA) is 219 Å². The third-order valence-corrected chi connectivity index (χ3v) is 4.54. The zero-order valence-electron chi connectivity index (χ0n) is 12.8. The number of nitrogens with one attached hydrogen (secondary N) is 1. The molecule has 1 aromatic rings. The molecule has 0 fully saturated rings. The molecule has 0 aromatic heterocycles. The summed E-state index contributed by atoms with van der Waals surface area (Å²) in [6.45, 7) is 0. The minimum Gasteiger partial charge on any atom is -0.479 e. The van der Waals surface area contributed by atoms with Crippen LogP contribution in [0.4, 0.5) is 0 Å². The molecular weight excluding hydrogens is 378 g/mol. The Morgan fingerprint density at radius 2 is 1.31 bits per heavy atom. The van der Waals surface area contributed by atoms with Gasteiger partial charge in [-0.05, 0) is 12.1 Å². The van der Waals surface area contributed by atoms with Gasteiger partial charge in [-0.2, -0.15) is 0 Å². The number of rotatable bonds is 5. The average molecular weight is 393 g/mol. The Labute approximate surface area is 146 Å². The van der Waals surface area contributed by atoms with Crippen LogP contribution in [0.2, 0.25) is 0 Å². The first-order valence-electron chi connectivity index (χ1n) is 6.74.